The molecular formula is C12H16F2N2O. The smallest absolute Gasteiger partial charge is 0.162 e. The summed E-state index contributed by atoms with van der Waals surface area (Å²) in [5, 5.41) is 2.96. The molecule has 0 spiro atoms. The van der Waals surface area contributed by atoms with E-state index in [0.29, 0.717) is 24.4 Å². The lowest BCUT2D eigenvalue weighted by molar-refractivity contribution is 0.400. The van der Waals surface area contributed by atoms with Gasteiger partial charge in [0, 0.05) is 24.7 Å². The Balaban J connectivity index is 2.80. The van der Waals surface area contributed by atoms with Gasteiger partial charge in [0.05, 0.1) is 7.11 Å². The molecule has 1 aromatic carbocycles. The molecule has 0 unspecified atom stereocenters. The lowest BCUT2D eigenvalue weighted by Crippen LogP contribution is -2.10. The monoisotopic (exact) mass is 242 g/mol. The minimum absolute atomic E-state index is 0.315. The molecule has 0 saturated heterocycles. The molecule has 3 N–H and O–H groups in total. The van der Waals surface area contributed by atoms with E-state index in [4.69, 9.17) is 10.5 Å². The molecule has 0 aliphatic carbocycles. The topological polar surface area (TPSA) is 47.3 Å². The Morgan fingerprint density at radius 3 is 2.65 bits per heavy atom. The zero-order valence-electron chi connectivity index (χ0n) is 9.89. The third kappa shape index (κ3) is 3.71. The summed E-state index contributed by atoms with van der Waals surface area (Å²) in [6, 6.07) is 2.15. The molecule has 17 heavy (non-hydrogen) atoms. The van der Waals surface area contributed by atoms with E-state index >= 15 is 0 Å². The molecule has 5 heteroatoms. The van der Waals surface area contributed by atoms with Crippen molar-refractivity contribution in [3.05, 3.63) is 41.1 Å². The van der Waals surface area contributed by atoms with Gasteiger partial charge in [0.15, 0.2) is 11.6 Å². The molecule has 94 valence electrons. The van der Waals surface area contributed by atoms with Crippen molar-refractivity contribution in [3.63, 3.8) is 0 Å². The van der Waals surface area contributed by atoms with Crippen molar-refractivity contribution in [2.75, 3.05) is 13.7 Å². The number of ether oxygens (including phenoxy) is 1. The Morgan fingerprint density at radius 2 is 2.06 bits per heavy atom. The van der Waals surface area contributed by atoms with Crippen LogP contribution in [0.5, 0.6) is 5.75 Å². The van der Waals surface area contributed by atoms with Gasteiger partial charge in [-0.2, -0.15) is 0 Å². The third-order valence-corrected chi connectivity index (χ3v) is 2.29. The van der Waals surface area contributed by atoms with E-state index in [1.165, 1.54) is 7.11 Å². The van der Waals surface area contributed by atoms with Crippen molar-refractivity contribution >= 4 is 0 Å². The zero-order chi connectivity index (χ0) is 12.8. The SMILES string of the molecule is COc1cc(F)c(F)cc1CN/C=C(\C)CN. The molecule has 0 heterocycles. The van der Waals surface area contributed by atoms with E-state index in [1.807, 2.05) is 6.92 Å². The van der Waals surface area contributed by atoms with E-state index < -0.39 is 11.6 Å². The minimum Gasteiger partial charge on any atom is -0.496 e. The fraction of sp³-hybridized carbons (Fsp3) is 0.333. The Labute approximate surface area is 99.3 Å². The Kier molecular flexibility index (Phi) is 4.90. The van der Waals surface area contributed by atoms with Crippen molar-refractivity contribution < 1.29 is 13.5 Å². The molecular weight excluding hydrogens is 226 g/mol. The van der Waals surface area contributed by atoms with Crippen molar-refractivity contribution in [1.29, 1.82) is 0 Å². The zero-order valence-corrected chi connectivity index (χ0v) is 9.89. The van der Waals surface area contributed by atoms with Crippen LogP contribution in [0.2, 0.25) is 0 Å². The van der Waals surface area contributed by atoms with Gasteiger partial charge in [-0.3, -0.25) is 0 Å². The largest absolute Gasteiger partial charge is 0.496 e. The Morgan fingerprint density at radius 1 is 1.41 bits per heavy atom. The number of nitrogens with two attached hydrogens (primary N) is 1. The Bertz CT molecular complexity index is 419. The maximum absolute atomic E-state index is 13.1. The summed E-state index contributed by atoms with van der Waals surface area (Å²) in [5.41, 5.74) is 6.92. The van der Waals surface area contributed by atoms with E-state index in [0.717, 1.165) is 17.7 Å². The van der Waals surface area contributed by atoms with E-state index in [9.17, 15) is 8.78 Å². The molecule has 1 aromatic rings. The van der Waals surface area contributed by atoms with Gasteiger partial charge < -0.3 is 15.8 Å². The van der Waals surface area contributed by atoms with Gasteiger partial charge >= 0.3 is 0 Å². The fourth-order valence-electron chi connectivity index (χ4n) is 1.29. The van der Waals surface area contributed by atoms with Crippen LogP contribution in [0.3, 0.4) is 0 Å². The first-order chi connectivity index (χ1) is 8.08. The molecule has 0 fully saturated rings. The van der Waals surface area contributed by atoms with Crippen LogP contribution in [-0.4, -0.2) is 13.7 Å². The molecule has 0 radical (unpaired) electrons. The summed E-state index contributed by atoms with van der Waals surface area (Å²) in [7, 11) is 1.41. The van der Waals surface area contributed by atoms with Gasteiger partial charge in [-0.1, -0.05) is 0 Å². The van der Waals surface area contributed by atoms with Crippen molar-refractivity contribution in [1.82, 2.24) is 5.32 Å². The van der Waals surface area contributed by atoms with Gasteiger partial charge in [-0.25, -0.2) is 8.78 Å². The van der Waals surface area contributed by atoms with Crippen LogP contribution in [0.4, 0.5) is 8.78 Å². The van der Waals surface area contributed by atoms with Gasteiger partial charge in [0.25, 0.3) is 0 Å². The highest BCUT2D eigenvalue weighted by Crippen LogP contribution is 2.21. The summed E-state index contributed by atoms with van der Waals surface area (Å²) in [6.07, 6.45) is 1.74. The number of benzene rings is 1. The van der Waals surface area contributed by atoms with Crippen molar-refractivity contribution in [2.24, 2.45) is 5.73 Å². The average Bonchev–Trinajstić information content (AvgIpc) is 2.32. The van der Waals surface area contributed by atoms with Crippen LogP contribution in [0.25, 0.3) is 0 Å². The molecule has 0 atom stereocenters. The fourth-order valence-corrected chi connectivity index (χ4v) is 1.29. The van der Waals surface area contributed by atoms with Crippen LogP contribution in [0.1, 0.15) is 12.5 Å². The number of nitrogens with one attached hydrogen (secondary N) is 1. The maximum atomic E-state index is 13.1. The van der Waals surface area contributed by atoms with E-state index in [1.54, 1.807) is 6.20 Å². The molecule has 0 bridgehead atoms. The number of methoxy groups -OCH3 is 1. The van der Waals surface area contributed by atoms with E-state index in [2.05, 4.69) is 5.32 Å². The quantitative estimate of drug-likeness (QED) is 0.829. The van der Waals surface area contributed by atoms with Gasteiger partial charge in [-0.05, 0) is 24.8 Å². The first-order valence-electron chi connectivity index (χ1n) is 5.19. The normalized spacial score (nSPS) is 11.5. The molecule has 0 aromatic heterocycles. The molecule has 0 amide bonds. The average molecular weight is 242 g/mol. The Hall–Kier alpha value is -1.62. The predicted octanol–water partition coefficient (Wildman–Crippen LogP) is 1.93. The predicted molar refractivity (Wildman–Crippen MR) is 62.6 cm³/mol. The highest BCUT2D eigenvalue weighted by Gasteiger charge is 2.09. The number of halogens is 2. The van der Waals surface area contributed by atoms with Crippen molar-refractivity contribution in [2.45, 2.75) is 13.5 Å². The second kappa shape index (κ2) is 6.20. The summed E-state index contributed by atoms with van der Waals surface area (Å²) in [4.78, 5) is 0. The summed E-state index contributed by atoms with van der Waals surface area (Å²) < 4.78 is 31.0. The van der Waals surface area contributed by atoms with E-state index in [-0.39, 0.29) is 0 Å². The number of rotatable bonds is 5. The molecule has 0 saturated carbocycles. The van der Waals surface area contributed by atoms with Crippen LogP contribution in [0, 0.1) is 11.6 Å². The summed E-state index contributed by atoms with van der Waals surface area (Å²) in [5.74, 6) is -1.49. The summed E-state index contributed by atoms with van der Waals surface area (Å²) >= 11 is 0. The lowest BCUT2D eigenvalue weighted by Gasteiger charge is -2.09. The number of hydrogen-bond acceptors (Lipinski definition) is 3. The molecule has 0 aliphatic rings. The molecule has 3 nitrogen and oxygen atoms in total. The van der Waals surface area contributed by atoms with Crippen LogP contribution in [0.15, 0.2) is 23.9 Å². The second-order valence-corrected chi connectivity index (χ2v) is 3.65. The molecule has 0 aliphatic heterocycles. The van der Waals surface area contributed by atoms with Gasteiger partial charge in [-0.15, -0.1) is 0 Å². The minimum atomic E-state index is -0.917. The highest BCUT2D eigenvalue weighted by atomic mass is 19.2. The van der Waals surface area contributed by atoms with Crippen LogP contribution < -0.4 is 15.8 Å². The summed E-state index contributed by atoms with van der Waals surface area (Å²) in [6.45, 7) is 2.66. The first-order valence-corrected chi connectivity index (χ1v) is 5.19. The molecule has 1 rings (SSSR count). The van der Waals surface area contributed by atoms with Crippen LogP contribution >= 0.6 is 0 Å². The third-order valence-electron chi connectivity index (χ3n) is 2.29. The highest BCUT2D eigenvalue weighted by molar-refractivity contribution is 5.34. The van der Waals surface area contributed by atoms with Gasteiger partial charge in [0.2, 0.25) is 0 Å². The maximum Gasteiger partial charge on any atom is 0.162 e. The lowest BCUT2D eigenvalue weighted by atomic mass is 10.2. The standard InChI is InChI=1S/C12H16F2N2O/c1-8(5-15)6-16-7-9-3-10(13)11(14)4-12(9)17-2/h3-4,6,16H,5,7,15H2,1-2H3/b8-6+. The van der Waals surface area contributed by atoms with Gasteiger partial charge in [0.1, 0.15) is 5.75 Å². The second-order valence-electron chi connectivity index (χ2n) is 3.65. The first kappa shape index (κ1) is 13.4. The number of hydrogen-bond donors (Lipinski definition) is 2. The van der Waals surface area contributed by atoms with Crippen molar-refractivity contribution in [3.8, 4) is 5.75 Å². The van der Waals surface area contributed by atoms with Crippen LogP contribution in [-0.2, 0) is 6.54 Å².